The molecule has 1 amide bonds. The van der Waals surface area contributed by atoms with Gasteiger partial charge in [0, 0.05) is 31.6 Å². The van der Waals surface area contributed by atoms with Gasteiger partial charge in [-0.1, -0.05) is 18.6 Å². The summed E-state index contributed by atoms with van der Waals surface area (Å²) in [5.74, 6) is 1.23. The lowest BCUT2D eigenvalue weighted by Crippen LogP contribution is -2.46. The van der Waals surface area contributed by atoms with Crippen molar-refractivity contribution in [1.82, 2.24) is 10.2 Å². The number of para-hydroxylation sites is 1. The van der Waals surface area contributed by atoms with E-state index in [0.29, 0.717) is 37.4 Å². The van der Waals surface area contributed by atoms with Crippen LogP contribution in [0.2, 0.25) is 0 Å². The summed E-state index contributed by atoms with van der Waals surface area (Å²) in [6.07, 6.45) is 3.59. The minimum atomic E-state index is -0.401. The number of hydrogen-bond donors (Lipinski definition) is 2. The lowest BCUT2D eigenvalue weighted by atomic mass is 10.0. The second-order valence-electron chi connectivity index (χ2n) is 7.00. The summed E-state index contributed by atoms with van der Waals surface area (Å²) >= 11 is 0. The van der Waals surface area contributed by atoms with E-state index in [4.69, 9.17) is 10.2 Å². The Labute approximate surface area is 163 Å². The van der Waals surface area contributed by atoms with Crippen LogP contribution in [0.25, 0.3) is 11.3 Å². The summed E-state index contributed by atoms with van der Waals surface area (Å²) in [5.41, 5.74) is 5.93. The number of carbonyl (C=O) groups excluding carboxylic acids is 1. The Hall–Kier alpha value is -2.71. The average Bonchev–Trinajstić information content (AvgIpc) is 3.16. The molecule has 3 rings (SSSR count). The van der Waals surface area contributed by atoms with Crippen molar-refractivity contribution >= 4 is 11.6 Å². The highest BCUT2D eigenvalue weighted by molar-refractivity contribution is 5.76. The van der Waals surface area contributed by atoms with E-state index in [2.05, 4.69) is 10.2 Å². The molecule has 2 heterocycles. The van der Waals surface area contributed by atoms with E-state index in [1.54, 1.807) is 24.3 Å². The number of nitrogens with zero attached hydrogens (tertiary/aromatic N) is 2. The number of benzene rings is 1. The molecule has 1 unspecified atom stereocenters. The van der Waals surface area contributed by atoms with E-state index >= 15 is 0 Å². The normalized spacial score (nSPS) is 17.4. The Morgan fingerprint density at radius 1 is 1.29 bits per heavy atom. The van der Waals surface area contributed by atoms with Crippen molar-refractivity contribution in [2.45, 2.75) is 38.3 Å². The number of amides is 1. The maximum absolute atomic E-state index is 11.7. The van der Waals surface area contributed by atoms with Gasteiger partial charge in [0.25, 0.3) is 5.69 Å². The van der Waals surface area contributed by atoms with E-state index in [1.807, 2.05) is 6.07 Å². The molecule has 2 aromatic rings. The summed E-state index contributed by atoms with van der Waals surface area (Å²) in [7, 11) is 0. The van der Waals surface area contributed by atoms with Gasteiger partial charge in [-0.25, -0.2) is 0 Å². The van der Waals surface area contributed by atoms with Gasteiger partial charge in [0.2, 0.25) is 5.91 Å². The largest absolute Gasteiger partial charge is 0.459 e. The van der Waals surface area contributed by atoms with Crippen LogP contribution < -0.4 is 11.1 Å². The molecule has 1 atom stereocenters. The van der Waals surface area contributed by atoms with Gasteiger partial charge in [-0.15, -0.1) is 0 Å². The van der Waals surface area contributed by atoms with Gasteiger partial charge < -0.3 is 15.5 Å². The first-order valence-corrected chi connectivity index (χ1v) is 9.62. The quantitative estimate of drug-likeness (QED) is 0.532. The van der Waals surface area contributed by atoms with E-state index in [0.717, 1.165) is 31.6 Å². The first-order chi connectivity index (χ1) is 13.6. The van der Waals surface area contributed by atoms with Gasteiger partial charge in [0.05, 0.1) is 17.0 Å². The smallest absolute Gasteiger partial charge is 0.280 e. The van der Waals surface area contributed by atoms with Crippen molar-refractivity contribution in [3.05, 3.63) is 52.3 Å². The number of carbonyl (C=O) groups is 1. The molecule has 0 aliphatic carbocycles. The van der Waals surface area contributed by atoms with Gasteiger partial charge in [-0.05, 0) is 37.6 Å². The Bertz CT molecular complexity index is 820. The lowest BCUT2D eigenvalue weighted by Gasteiger charge is -2.35. The topological polar surface area (TPSA) is 115 Å². The Kier molecular flexibility index (Phi) is 6.78. The Morgan fingerprint density at radius 3 is 2.89 bits per heavy atom. The molecule has 8 heteroatoms. The van der Waals surface area contributed by atoms with Crippen molar-refractivity contribution < 1.29 is 14.1 Å². The van der Waals surface area contributed by atoms with Crippen LogP contribution in [0.4, 0.5) is 5.69 Å². The van der Waals surface area contributed by atoms with Crippen LogP contribution >= 0.6 is 0 Å². The van der Waals surface area contributed by atoms with Crippen LogP contribution in [0.3, 0.4) is 0 Å². The molecule has 28 heavy (non-hydrogen) atoms. The zero-order chi connectivity index (χ0) is 19.9. The second kappa shape index (κ2) is 9.48. The number of hydrogen-bond acceptors (Lipinski definition) is 6. The standard InChI is InChI=1S/C20H26N4O4/c21-11-10-20(25)22-13-15-5-3-4-12-23(15)14-16-8-9-19(28-16)17-6-1-2-7-18(17)24(26)27/h1-2,6-9,15H,3-5,10-14,21H2,(H,22,25). The number of nitro benzene ring substituents is 1. The molecule has 150 valence electrons. The van der Waals surface area contributed by atoms with Crippen LogP contribution in [0.15, 0.2) is 40.8 Å². The minimum Gasteiger partial charge on any atom is -0.459 e. The third kappa shape index (κ3) is 4.96. The fourth-order valence-electron chi connectivity index (χ4n) is 3.60. The first-order valence-electron chi connectivity index (χ1n) is 9.62. The van der Waals surface area contributed by atoms with Gasteiger partial charge in [-0.3, -0.25) is 19.8 Å². The maximum atomic E-state index is 11.7. The minimum absolute atomic E-state index is 0.0234. The average molecular weight is 386 g/mol. The number of rotatable bonds is 8. The second-order valence-corrected chi connectivity index (χ2v) is 7.00. The van der Waals surface area contributed by atoms with E-state index < -0.39 is 4.92 Å². The molecule has 3 N–H and O–H groups in total. The predicted octanol–water partition coefficient (Wildman–Crippen LogP) is 2.67. The summed E-state index contributed by atoms with van der Waals surface area (Å²) in [4.78, 5) is 24.9. The number of piperidine rings is 1. The summed E-state index contributed by atoms with van der Waals surface area (Å²) in [6.45, 7) is 2.48. The van der Waals surface area contributed by atoms with Crippen LogP contribution in [-0.2, 0) is 11.3 Å². The van der Waals surface area contributed by atoms with Crippen molar-refractivity contribution in [3.63, 3.8) is 0 Å². The van der Waals surface area contributed by atoms with Crippen molar-refractivity contribution in [2.24, 2.45) is 5.73 Å². The molecular formula is C20H26N4O4. The molecule has 0 bridgehead atoms. The number of furan rings is 1. The zero-order valence-electron chi connectivity index (χ0n) is 15.8. The number of nitro groups is 1. The van der Waals surface area contributed by atoms with E-state index in [-0.39, 0.29) is 17.6 Å². The summed E-state index contributed by atoms with van der Waals surface area (Å²) < 4.78 is 5.93. The molecule has 1 saturated heterocycles. The molecule has 0 saturated carbocycles. The molecule has 0 radical (unpaired) electrons. The number of nitrogens with one attached hydrogen (secondary N) is 1. The highest BCUT2D eigenvalue weighted by atomic mass is 16.6. The molecule has 1 aromatic heterocycles. The molecule has 1 aliphatic rings. The predicted molar refractivity (Wildman–Crippen MR) is 106 cm³/mol. The molecular weight excluding hydrogens is 360 g/mol. The zero-order valence-corrected chi connectivity index (χ0v) is 15.8. The maximum Gasteiger partial charge on any atom is 0.280 e. The SMILES string of the molecule is NCCC(=O)NCC1CCCCN1Cc1ccc(-c2ccccc2[N+](=O)[O-])o1. The van der Waals surface area contributed by atoms with Crippen molar-refractivity contribution in [2.75, 3.05) is 19.6 Å². The van der Waals surface area contributed by atoms with Gasteiger partial charge in [0.1, 0.15) is 11.5 Å². The number of nitrogens with two attached hydrogens (primary N) is 1. The molecule has 0 spiro atoms. The molecule has 1 aromatic carbocycles. The fourth-order valence-corrected chi connectivity index (χ4v) is 3.60. The lowest BCUT2D eigenvalue weighted by molar-refractivity contribution is -0.384. The van der Waals surface area contributed by atoms with Crippen molar-refractivity contribution in [3.8, 4) is 11.3 Å². The number of likely N-dealkylation sites (tertiary alicyclic amines) is 1. The third-order valence-corrected chi connectivity index (χ3v) is 5.04. The van der Waals surface area contributed by atoms with Crippen LogP contribution in [0.1, 0.15) is 31.4 Å². The van der Waals surface area contributed by atoms with Gasteiger partial charge >= 0.3 is 0 Å². The Balaban J connectivity index is 1.68. The summed E-state index contributed by atoms with van der Waals surface area (Å²) in [6, 6.07) is 10.5. The first kappa shape index (κ1) is 20.0. The van der Waals surface area contributed by atoms with Crippen LogP contribution in [-0.4, -0.2) is 41.4 Å². The van der Waals surface area contributed by atoms with Gasteiger partial charge in [-0.2, -0.15) is 0 Å². The fraction of sp³-hybridized carbons (Fsp3) is 0.450. The van der Waals surface area contributed by atoms with Gasteiger partial charge in [0.15, 0.2) is 0 Å². The molecule has 8 nitrogen and oxygen atoms in total. The van der Waals surface area contributed by atoms with E-state index in [9.17, 15) is 14.9 Å². The van der Waals surface area contributed by atoms with Crippen LogP contribution in [0, 0.1) is 10.1 Å². The third-order valence-electron chi connectivity index (χ3n) is 5.04. The monoisotopic (exact) mass is 386 g/mol. The Morgan fingerprint density at radius 2 is 2.11 bits per heavy atom. The van der Waals surface area contributed by atoms with E-state index in [1.165, 1.54) is 6.07 Å². The highest BCUT2D eigenvalue weighted by Crippen LogP contribution is 2.31. The van der Waals surface area contributed by atoms with Crippen LogP contribution in [0.5, 0.6) is 0 Å². The van der Waals surface area contributed by atoms with Crippen molar-refractivity contribution in [1.29, 1.82) is 0 Å². The molecule has 1 fully saturated rings. The summed E-state index contributed by atoms with van der Waals surface area (Å²) in [5, 5.41) is 14.2. The highest BCUT2D eigenvalue weighted by Gasteiger charge is 2.24. The molecule has 1 aliphatic heterocycles.